The minimum Gasteiger partial charge on any atom is -0.436 e. The highest BCUT2D eigenvalue weighted by atomic mass is 35.5. The van der Waals surface area contributed by atoms with Gasteiger partial charge in [-0.2, -0.15) is 0 Å². The fraction of sp³-hybridized carbons (Fsp3) is 0.167. The zero-order valence-electron chi connectivity index (χ0n) is 16.6. The Morgan fingerprint density at radius 2 is 1.83 bits per heavy atom. The van der Waals surface area contributed by atoms with E-state index in [1.165, 1.54) is 5.56 Å². The average molecular weight is 439 g/mol. The molecule has 0 saturated carbocycles. The summed E-state index contributed by atoms with van der Waals surface area (Å²) in [4.78, 5) is 17.1. The monoisotopic (exact) mass is 438 g/mol. The molecule has 0 bridgehead atoms. The smallest absolute Gasteiger partial charge is 0.257 e. The van der Waals surface area contributed by atoms with Crippen molar-refractivity contribution in [2.75, 3.05) is 5.32 Å². The van der Waals surface area contributed by atoms with Gasteiger partial charge in [-0.1, -0.05) is 43.1 Å². The molecule has 1 heterocycles. The first-order chi connectivity index (χ1) is 14.4. The molecule has 1 atom stereocenters. The summed E-state index contributed by atoms with van der Waals surface area (Å²) in [6.45, 7) is 4.37. The Labute approximate surface area is 184 Å². The summed E-state index contributed by atoms with van der Waals surface area (Å²) in [5.41, 5.74) is 4.64. The van der Waals surface area contributed by atoms with Crippen molar-refractivity contribution < 1.29 is 9.21 Å². The highest BCUT2D eigenvalue weighted by Gasteiger charge is 2.13. The Balaban J connectivity index is 1.54. The molecule has 4 nitrogen and oxygen atoms in total. The molecule has 6 heteroatoms. The van der Waals surface area contributed by atoms with Gasteiger partial charge in [0.05, 0.1) is 10.6 Å². The summed E-state index contributed by atoms with van der Waals surface area (Å²) in [7, 11) is 0. The van der Waals surface area contributed by atoms with Crippen LogP contribution >= 0.6 is 23.2 Å². The molecule has 0 spiro atoms. The van der Waals surface area contributed by atoms with Gasteiger partial charge in [-0.05, 0) is 72.5 Å². The Hall–Kier alpha value is -2.82. The maximum absolute atomic E-state index is 12.5. The zero-order chi connectivity index (χ0) is 21.3. The zero-order valence-corrected chi connectivity index (χ0v) is 18.1. The van der Waals surface area contributed by atoms with Gasteiger partial charge in [0, 0.05) is 16.3 Å². The normalized spacial score (nSPS) is 12.1. The number of nitrogens with zero attached hydrogens (tertiary/aromatic N) is 1. The van der Waals surface area contributed by atoms with Crippen LogP contribution < -0.4 is 5.32 Å². The van der Waals surface area contributed by atoms with Gasteiger partial charge < -0.3 is 9.73 Å². The summed E-state index contributed by atoms with van der Waals surface area (Å²) in [5.74, 6) is 0.696. The van der Waals surface area contributed by atoms with Gasteiger partial charge in [-0.3, -0.25) is 4.79 Å². The van der Waals surface area contributed by atoms with Crippen molar-refractivity contribution in [3.05, 3.63) is 81.8 Å². The Bertz CT molecular complexity index is 1220. The second-order valence-electron chi connectivity index (χ2n) is 7.21. The van der Waals surface area contributed by atoms with E-state index in [0.717, 1.165) is 23.1 Å². The standard InChI is InChI=1S/C24H20Cl2N2O2/c1-3-14(2)16-6-11-22-21(12-16)28-24(30-22)15-4-8-18(9-5-15)27-23(29)19-13-17(25)7-10-20(19)26/h4-14H,3H2,1-2H3,(H,27,29). The van der Waals surface area contributed by atoms with Crippen LogP contribution in [-0.2, 0) is 0 Å². The van der Waals surface area contributed by atoms with Crippen molar-refractivity contribution in [3.63, 3.8) is 0 Å². The summed E-state index contributed by atoms with van der Waals surface area (Å²) in [6.07, 6.45) is 1.07. The van der Waals surface area contributed by atoms with Crippen LogP contribution in [0.3, 0.4) is 0 Å². The topological polar surface area (TPSA) is 55.1 Å². The average Bonchev–Trinajstić information content (AvgIpc) is 3.18. The lowest BCUT2D eigenvalue weighted by molar-refractivity contribution is 0.102. The number of halogens is 2. The number of fused-ring (bicyclic) bond motifs is 1. The van der Waals surface area contributed by atoms with E-state index in [9.17, 15) is 4.79 Å². The van der Waals surface area contributed by atoms with Crippen LogP contribution in [0.15, 0.2) is 65.1 Å². The number of carbonyl (C=O) groups is 1. The van der Waals surface area contributed by atoms with Crippen molar-refractivity contribution in [2.45, 2.75) is 26.2 Å². The number of hydrogen-bond donors (Lipinski definition) is 1. The largest absolute Gasteiger partial charge is 0.436 e. The van der Waals surface area contributed by atoms with Gasteiger partial charge in [0.2, 0.25) is 5.89 Å². The lowest BCUT2D eigenvalue weighted by atomic mass is 9.98. The van der Waals surface area contributed by atoms with Crippen molar-refractivity contribution >= 4 is 45.9 Å². The molecule has 30 heavy (non-hydrogen) atoms. The molecule has 4 aromatic rings. The number of benzene rings is 3. The molecular formula is C24H20Cl2N2O2. The van der Waals surface area contributed by atoms with Crippen molar-refractivity contribution in [2.24, 2.45) is 0 Å². The Kier molecular flexibility index (Phi) is 5.80. The molecule has 0 fully saturated rings. The predicted octanol–water partition coefficient (Wildman–Crippen LogP) is 7.57. The summed E-state index contributed by atoms with van der Waals surface area (Å²) in [6, 6.07) is 18.2. The molecule has 0 radical (unpaired) electrons. The van der Waals surface area contributed by atoms with E-state index in [1.54, 1.807) is 30.3 Å². The third kappa shape index (κ3) is 4.20. The van der Waals surface area contributed by atoms with E-state index in [1.807, 2.05) is 18.2 Å². The molecule has 4 rings (SSSR count). The molecule has 1 N–H and O–H groups in total. The highest BCUT2D eigenvalue weighted by Crippen LogP contribution is 2.29. The molecule has 1 amide bonds. The van der Waals surface area contributed by atoms with E-state index in [-0.39, 0.29) is 5.91 Å². The molecular weight excluding hydrogens is 419 g/mol. The van der Waals surface area contributed by atoms with Gasteiger partial charge in [-0.15, -0.1) is 0 Å². The lowest BCUT2D eigenvalue weighted by Gasteiger charge is -2.07. The lowest BCUT2D eigenvalue weighted by Crippen LogP contribution is -2.12. The first-order valence-electron chi connectivity index (χ1n) is 9.72. The number of hydrogen-bond acceptors (Lipinski definition) is 3. The summed E-state index contributed by atoms with van der Waals surface area (Å²) in [5, 5.41) is 3.62. The van der Waals surface area contributed by atoms with Gasteiger partial charge in [0.25, 0.3) is 5.91 Å². The molecule has 1 unspecified atom stereocenters. The minimum absolute atomic E-state index is 0.323. The van der Waals surface area contributed by atoms with Gasteiger partial charge >= 0.3 is 0 Å². The maximum atomic E-state index is 12.5. The SMILES string of the molecule is CCC(C)c1ccc2oc(-c3ccc(NC(=O)c4cc(Cl)ccc4Cl)cc3)nc2c1. The molecule has 3 aromatic carbocycles. The van der Waals surface area contributed by atoms with Gasteiger partial charge in [0.15, 0.2) is 5.58 Å². The first-order valence-corrected chi connectivity index (χ1v) is 10.5. The highest BCUT2D eigenvalue weighted by molar-refractivity contribution is 6.36. The predicted molar refractivity (Wildman–Crippen MR) is 123 cm³/mol. The van der Waals surface area contributed by atoms with E-state index in [4.69, 9.17) is 27.6 Å². The van der Waals surface area contributed by atoms with Crippen molar-refractivity contribution in [1.82, 2.24) is 4.98 Å². The van der Waals surface area contributed by atoms with Crippen molar-refractivity contribution in [1.29, 1.82) is 0 Å². The number of rotatable bonds is 5. The summed E-state index contributed by atoms with van der Waals surface area (Å²) >= 11 is 12.1. The summed E-state index contributed by atoms with van der Waals surface area (Å²) < 4.78 is 5.91. The molecule has 152 valence electrons. The second kappa shape index (κ2) is 8.50. The quantitative estimate of drug-likeness (QED) is 0.349. The third-order valence-corrected chi connectivity index (χ3v) is 5.72. The van der Waals surface area contributed by atoms with Crippen molar-refractivity contribution in [3.8, 4) is 11.5 Å². The van der Waals surface area contributed by atoms with Crippen LogP contribution in [0.5, 0.6) is 0 Å². The molecule has 0 aliphatic rings. The Morgan fingerprint density at radius 3 is 2.57 bits per heavy atom. The number of nitrogens with one attached hydrogen (secondary N) is 1. The van der Waals surface area contributed by atoms with Crippen LogP contribution in [0.4, 0.5) is 5.69 Å². The van der Waals surface area contributed by atoms with Crippen LogP contribution in [0.25, 0.3) is 22.6 Å². The third-order valence-electron chi connectivity index (χ3n) is 5.16. The number of anilines is 1. The van der Waals surface area contributed by atoms with Gasteiger partial charge in [0.1, 0.15) is 5.52 Å². The fourth-order valence-corrected chi connectivity index (χ4v) is 3.55. The number of carbonyl (C=O) groups excluding carboxylic acids is 1. The van der Waals surface area contributed by atoms with Crippen LogP contribution in [0, 0.1) is 0 Å². The molecule has 0 saturated heterocycles. The van der Waals surface area contributed by atoms with Gasteiger partial charge in [-0.25, -0.2) is 4.98 Å². The van der Waals surface area contributed by atoms with Crippen LogP contribution in [-0.4, -0.2) is 10.9 Å². The Morgan fingerprint density at radius 1 is 1.07 bits per heavy atom. The van der Waals surface area contributed by atoms with E-state index >= 15 is 0 Å². The minimum atomic E-state index is -0.324. The maximum Gasteiger partial charge on any atom is 0.257 e. The molecule has 0 aliphatic heterocycles. The van der Waals surface area contributed by atoms with E-state index in [2.05, 4.69) is 36.3 Å². The first kappa shape index (κ1) is 20.5. The number of amides is 1. The van der Waals surface area contributed by atoms with E-state index < -0.39 is 0 Å². The second-order valence-corrected chi connectivity index (χ2v) is 8.05. The fourth-order valence-electron chi connectivity index (χ4n) is 3.18. The number of oxazole rings is 1. The van der Waals surface area contributed by atoms with E-state index in [0.29, 0.717) is 33.1 Å². The molecule has 1 aromatic heterocycles. The number of aromatic nitrogens is 1. The molecule has 0 aliphatic carbocycles. The van der Waals surface area contributed by atoms with Crippen LogP contribution in [0.2, 0.25) is 10.0 Å². The van der Waals surface area contributed by atoms with Crippen LogP contribution in [0.1, 0.15) is 42.1 Å².